The minimum atomic E-state index is -1.20. The summed E-state index contributed by atoms with van der Waals surface area (Å²) in [5.74, 6) is -2.90. The molecule has 1 atom stereocenters. The van der Waals surface area contributed by atoms with Crippen LogP contribution in [-0.4, -0.2) is 18.0 Å². The van der Waals surface area contributed by atoms with Crippen LogP contribution in [0.25, 0.3) is 21.7 Å². The molecule has 152 valence electrons. The molecule has 0 saturated heterocycles. The van der Waals surface area contributed by atoms with E-state index in [9.17, 15) is 18.4 Å². The second-order valence-electron chi connectivity index (χ2n) is 6.84. The number of anilines is 1. The van der Waals surface area contributed by atoms with Gasteiger partial charge in [0.05, 0.1) is 18.4 Å². The molecule has 1 heterocycles. The van der Waals surface area contributed by atoms with Gasteiger partial charge in [0.15, 0.2) is 6.10 Å². The zero-order chi connectivity index (χ0) is 21.3. The van der Waals surface area contributed by atoms with Crippen LogP contribution in [0.4, 0.5) is 14.5 Å². The van der Waals surface area contributed by atoms with Crippen molar-refractivity contribution in [2.45, 2.75) is 19.4 Å². The van der Waals surface area contributed by atoms with E-state index in [0.717, 1.165) is 34.4 Å². The van der Waals surface area contributed by atoms with Crippen LogP contribution in [0.1, 0.15) is 12.5 Å². The molecule has 0 aliphatic heterocycles. The highest BCUT2D eigenvalue weighted by Crippen LogP contribution is 2.30. The predicted molar refractivity (Wildman–Crippen MR) is 108 cm³/mol. The predicted octanol–water partition coefficient (Wildman–Crippen LogP) is 4.98. The first-order valence-corrected chi connectivity index (χ1v) is 9.25. The van der Waals surface area contributed by atoms with Crippen molar-refractivity contribution in [1.29, 1.82) is 0 Å². The molecule has 30 heavy (non-hydrogen) atoms. The van der Waals surface area contributed by atoms with E-state index < -0.39 is 29.6 Å². The summed E-state index contributed by atoms with van der Waals surface area (Å²) in [5.41, 5.74) is 0.953. The Morgan fingerprint density at radius 3 is 2.73 bits per heavy atom. The maximum atomic E-state index is 13.7. The lowest BCUT2D eigenvalue weighted by atomic mass is 10.0. The summed E-state index contributed by atoms with van der Waals surface area (Å²) in [6.45, 7) is 1.35. The van der Waals surface area contributed by atoms with Crippen LogP contribution in [0, 0.1) is 11.6 Å². The van der Waals surface area contributed by atoms with E-state index in [0.29, 0.717) is 11.1 Å². The Morgan fingerprint density at radius 2 is 1.90 bits per heavy atom. The molecule has 0 radical (unpaired) electrons. The molecular weight excluding hydrogens is 392 g/mol. The monoisotopic (exact) mass is 409 g/mol. The number of halogens is 2. The molecule has 0 saturated carbocycles. The van der Waals surface area contributed by atoms with Crippen LogP contribution < -0.4 is 5.32 Å². The molecule has 5 nitrogen and oxygen atoms in total. The highest BCUT2D eigenvalue weighted by molar-refractivity contribution is 6.08. The number of carbonyl (C=O) groups is 2. The summed E-state index contributed by atoms with van der Waals surface area (Å²) in [6.07, 6.45) is 0.188. The summed E-state index contributed by atoms with van der Waals surface area (Å²) in [7, 11) is 0. The fraction of sp³-hybridized carbons (Fsp3) is 0.130. The van der Waals surface area contributed by atoms with Crippen molar-refractivity contribution in [3.8, 4) is 0 Å². The summed E-state index contributed by atoms with van der Waals surface area (Å²) in [4.78, 5) is 24.6. The van der Waals surface area contributed by atoms with Crippen molar-refractivity contribution in [2.24, 2.45) is 0 Å². The number of carbonyl (C=O) groups excluding carboxylic acids is 2. The van der Waals surface area contributed by atoms with Gasteiger partial charge in [0.2, 0.25) is 0 Å². The molecule has 4 rings (SSSR count). The third-order valence-electron chi connectivity index (χ3n) is 4.74. The van der Waals surface area contributed by atoms with E-state index in [2.05, 4.69) is 5.32 Å². The Labute approximate surface area is 170 Å². The second-order valence-corrected chi connectivity index (χ2v) is 6.84. The highest BCUT2D eigenvalue weighted by atomic mass is 19.1. The number of rotatable bonds is 5. The van der Waals surface area contributed by atoms with Crippen LogP contribution >= 0.6 is 0 Å². The number of nitrogens with one attached hydrogen (secondary N) is 1. The molecule has 0 bridgehead atoms. The Bertz CT molecular complexity index is 1260. The first-order valence-electron chi connectivity index (χ1n) is 9.25. The summed E-state index contributed by atoms with van der Waals surface area (Å²) >= 11 is 0. The van der Waals surface area contributed by atoms with Gasteiger partial charge in [-0.1, -0.05) is 30.3 Å². The van der Waals surface area contributed by atoms with Crippen LogP contribution in [0.5, 0.6) is 0 Å². The van der Waals surface area contributed by atoms with E-state index in [1.54, 1.807) is 0 Å². The summed E-state index contributed by atoms with van der Waals surface area (Å²) in [6, 6.07) is 14.2. The smallest absolute Gasteiger partial charge is 0.311 e. The van der Waals surface area contributed by atoms with Gasteiger partial charge < -0.3 is 14.5 Å². The average Bonchev–Trinajstić information content (AvgIpc) is 3.13. The first-order chi connectivity index (χ1) is 14.4. The first kappa shape index (κ1) is 19.6. The number of furan rings is 1. The highest BCUT2D eigenvalue weighted by Gasteiger charge is 2.21. The van der Waals surface area contributed by atoms with Crippen molar-refractivity contribution < 1.29 is 27.5 Å². The Kier molecular flexibility index (Phi) is 5.18. The van der Waals surface area contributed by atoms with Crippen molar-refractivity contribution in [3.63, 3.8) is 0 Å². The van der Waals surface area contributed by atoms with Crippen LogP contribution in [0.3, 0.4) is 0 Å². The molecule has 1 amide bonds. The van der Waals surface area contributed by atoms with Gasteiger partial charge in [0.25, 0.3) is 5.91 Å². The van der Waals surface area contributed by atoms with E-state index in [1.165, 1.54) is 13.2 Å². The van der Waals surface area contributed by atoms with Gasteiger partial charge in [-0.05, 0) is 35.9 Å². The number of esters is 1. The van der Waals surface area contributed by atoms with Crippen LogP contribution in [0.2, 0.25) is 0 Å². The second kappa shape index (κ2) is 7.94. The number of hydrogen-bond acceptors (Lipinski definition) is 4. The van der Waals surface area contributed by atoms with Gasteiger partial charge in [-0.25, -0.2) is 8.78 Å². The minimum Gasteiger partial charge on any atom is -0.464 e. The molecule has 1 aromatic heterocycles. The molecule has 0 spiro atoms. The molecule has 0 fully saturated rings. The average molecular weight is 409 g/mol. The molecule has 3 aromatic carbocycles. The van der Waals surface area contributed by atoms with E-state index >= 15 is 0 Å². The number of amides is 1. The van der Waals surface area contributed by atoms with Gasteiger partial charge >= 0.3 is 5.97 Å². The fourth-order valence-corrected chi connectivity index (χ4v) is 3.28. The largest absolute Gasteiger partial charge is 0.464 e. The maximum absolute atomic E-state index is 13.7. The van der Waals surface area contributed by atoms with Crippen LogP contribution in [-0.2, 0) is 20.7 Å². The van der Waals surface area contributed by atoms with Crippen molar-refractivity contribution in [3.05, 3.63) is 78.1 Å². The lowest BCUT2D eigenvalue weighted by Gasteiger charge is -2.14. The number of ether oxygens (including phenoxy) is 1. The molecule has 1 N–H and O–H groups in total. The van der Waals surface area contributed by atoms with Gasteiger partial charge in [-0.15, -0.1) is 0 Å². The minimum absolute atomic E-state index is 0.104. The number of fused-ring (bicyclic) bond motifs is 3. The third kappa shape index (κ3) is 3.87. The third-order valence-corrected chi connectivity index (χ3v) is 4.74. The summed E-state index contributed by atoms with van der Waals surface area (Å²) < 4.78 is 37.7. The Balaban J connectivity index is 1.47. The fourth-order valence-electron chi connectivity index (χ4n) is 3.28. The number of benzene rings is 3. The zero-order valence-corrected chi connectivity index (χ0v) is 15.9. The molecule has 0 aliphatic carbocycles. The molecule has 4 aromatic rings. The maximum Gasteiger partial charge on any atom is 0.311 e. The Morgan fingerprint density at radius 1 is 1.10 bits per heavy atom. The quantitative estimate of drug-likeness (QED) is 0.472. The number of hydrogen-bond donors (Lipinski definition) is 1. The van der Waals surface area contributed by atoms with Gasteiger partial charge in [-0.3, -0.25) is 9.59 Å². The van der Waals surface area contributed by atoms with Crippen molar-refractivity contribution >= 4 is 39.3 Å². The SMILES string of the molecule is C[C@H](OC(=O)Cc1coc2ccc3ccccc3c12)C(=O)Nc1cc(F)ccc1F. The molecule has 7 heteroatoms. The van der Waals surface area contributed by atoms with Gasteiger partial charge in [-0.2, -0.15) is 0 Å². The zero-order valence-electron chi connectivity index (χ0n) is 15.9. The van der Waals surface area contributed by atoms with E-state index in [1.807, 2.05) is 36.4 Å². The Hall–Kier alpha value is -3.74. The molecule has 0 aliphatic rings. The summed E-state index contributed by atoms with van der Waals surface area (Å²) in [5, 5.41) is 4.98. The normalized spacial score (nSPS) is 12.1. The van der Waals surface area contributed by atoms with Gasteiger partial charge in [0.1, 0.15) is 17.2 Å². The molecular formula is C23H17F2NO4. The lowest BCUT2D eigenvalue weighted by Crippen LogP contribution is -2.30. The molecule has 0 unspecified atom stereocenters. The van der Waals surface area contributed by atoms with Crippen molar-refractivity contribution in [1.82, 2.24) is 0 Å². The van der Waals surface area contributed by atoms with Gasteiger partial charge in [0, 0.05) is 17.0 Å². The van der Waals surface area contributed by atoms with Crippen LogP contribution in [0.15, 0.2) is 65.3 Å². The lowest BCUT2D eigenvalue weighted by molar-refractivity contribution is -0.152. The van der Waals surface area contributed by atoms with E-state index in [-0.39, 0.29) is 12.1 Å². The van der Waals surface area contributed by atoms with Crippen molar-refractivity contribution in [2.75, 3.05) is 5.32 Å². The van der Waals surface area contributed by atoms with E-state index in [4.69, 9.17) is 9.15 Å². The topological polar surface area (TPSA) is 68.5 Å². The standard InChI is InChI=1S/C23H17F2NO4/c1-13(23(28)26-19-11-16(24)7-8-18(19)25)30-21(27)10-15-12-29-20-9-6-14-4-2-3-5-17(14)22(15)20/h2-9,11-13H,10H2,1H3,(H,26,28)/t13-/m0/s1.